The molecule has 1 aliphatic rings. The predicted octanol–water partition coefficient (Wildman–Crippen LogP) is 3.65. The summed E-state index contributed by atoms with van der Waals surface area (Å²) < 4.78 is 1.12. The van der Waals surface area contributed by atoms with Crippen molar-refractivity contribution in [2.75, 3.05) is 6.54 Å². The maximum absolute atomic E-state index is 9.48. The number of halogens is 1. The molecule has 0 spiro atoms. The van der Waals surface area contributed by atoms with Crippen molar-refractivity contribution in [1.82, 2.24) is 5.32 Å². The van der Waals surface area contributed by atoms with Crippen molar-refractivity contribution in [3.8, 4) is 0 Å². The Balaban J connectivity index is 1.77. The quantitative estimate of drug-likeness (QED) is 0.889. The molecule has 0 aliphatic heterocycles. The van der Waals surface area contributed by atoms with Gasteiger partial charge in [0.1, 0.15) is 0 Å². The molecule has 1 unspecified atom stereocenters. The van der Waals surface area contributed by atoms with E-state index in [2.05, 4.69) is 52.4 Å². The van der Waals surface area contributed by atoms with Crippen molar-refractivity contribution in [2.45, 2.75) is 44.8 Å². The molecule has 0 saturated heterocycles. The van der Waals surface area contributed by atoms with Gasteiger partial charge in [-0.25, -0.2) is 0 Å². The minimum atomic E-state index is -0.0508. The van der Waals surface area contributed by atoms with Crippen molar-refractivity contribution in [1.29, 1.82) is 0 Å². The lowest BCUT2D eigenvalue weighted by Crippen LogP contribution is -2.29. The fourth-order valence-corrected chi connectivity index (χ4v) is 2.83. The molecule has 0 bridgehead atoms. The van der Waals surface area contributed by atoms with E-state index in [1.807, 2.05) is 0 Å². The average Bonchev–Trinajstić information content (AvgIpc) is 2.38. The van der Waals surface area contributed by atoms with Crippen LogP contribution < -0.4 is 5.32 Å². The molecule has 0 amide bonds. The summed E-state index contributed by atoms with van der Waals surface area (Å²) in [5, 5.41) is 13.1. The Morgan fingerprint density at radius 3 is 2.44 bits per heavy atom. The summed E-state index contributed by atoms with van der Waals surface area (Å²) in [4.78, 5) is 0. The molecule has 1 aromatic carbocycles. The largest absolute Gasteiger partial charge is 0.393 e. The first-order valence-electron chi connectivity index (χ1n) is 6.82. The summed E-state index contributed by atoms with van der Waals surface area (Å²) in [5.41, 5.74) is 1.33. The summed E-state index contributed by atoms with van der Waals surface area (Å²) in [6.45, 7) is 3.27. The van der Waals surface area contributed by atoms with E-state index in [0.29, 0.717) is 6.04 Å². The van der Waals surface area contributed by atoms with Gasteiger partial charge in [0, 0.05) is 10.5 Å². The van der Waals surface area contributed by atoms with E-state index in [1.54, 1.807) is 0 Å². The van der Waals surface area contributed by atoms with Crippen molar-refractivity contribution >= 4 is 15.9 Å². The Morgan fingerprint density at radius 1 is 1.22 bits per heavy atom. The van der Waals surface area contributed by atoms with Crippen LogP contribution in [0, 0.1) is 5.92 Å². The monoisotopic (exact) mass is 311 g/mol. The van der Waals surface area contributed by atoms with E-state index in [9.17, 15) is 5.11 Å². The van der Waals surface area contributed by atoms with E-state index in [1.165, 1.54) is 5.56 Å². The van der Waals surface area contributed by atoms with E-state index in [4.69, 9.17) is 0 Å². The van der Waals surface area contributed by atoms with Crippen LogP contribution in [0.2, 0.25) is 0 Å². The molecule has 18 heavy (non-hydrogen) atoms. The highest BCUT2D eigenvalue weighted by Gasteiger charge is 2.19. The van der Waals surface area contributed by atoms with Crippen LogP contribution in [0.5, 0.6) is 0 Å². The number of aliphatic hydroxyl groups is 1. The Kier molecular flexibility index (Phi) is 5.22. The lowest BCUT2D eigenvalue weighted by Gasteiger charge is -2.27. The molecule has 1 fully saturated rings. The SMILES string of the molecule is CC(NCC1CCC(O)CC1)c1ccc(Br)cc1. The summed E-state index contributed by atoms with van der Waals surface area (Å²) in [7, 11) is 0. The third-order valence-electron chi connectivity index (χ3n) is 3.90. The van der Waals surface area contributed by atoms with Gasteiger partial charge in [-0.05, 0) is 62.8 Å². The van der Waals surface area contributed by atoms with Crippen LogP contribution in [0.15, 0.2) is 28.7 Å². The summed E-state index contributed by atoms with van der Waals surface area (Å²) >= 11 is 3.46. The Morgan fingerprint density at radius 2 is 1.83 bits per heavy atom. The van der Waals surface area contributed by atoms with Crippen LogP contribution in [0.4, 0.5) is 0 Å². The van der Waals surface area contributed by atoms with E-state index in [0.717, 1.165) is 42.6 Å². The minimum absolute atomic E-state index is 0.0508. The highest BCUT2D eigenvalue weighted by atomic mass is 79.9. The van der Waals surface area contributed by atoms with E-state index >= 15 is 0 Å². The van der Waals surface area contributed by atoms with Gasteiger partial charge in [0.2, 0.25) is 0 Å². The first kappa shape index (κ1) is 14.0. The van der Waals surface area contributed by atoms with Gasteiger partial charge in [0.15, 0.2) is 0 Å². The second-order valence-electron chi connectivity index (χ2n) is 5.36. The first-order valence-corrected chi connectivity index (χ1v) is 7.61. The van der Waals surface area contributed by atoms with Gasteiger partial charge < -0.3 is 10.4 Å². The first-order chi connectivity index (χ1) is 8.65. The van der Waals surface area contributed by atoms with Crippen molar-refractivity contribution < 1.29 is 5.11 Å². The lowest BCUT2D eigenvalue weighted by molar-refractivity contribution is 0.108. The Labute approximate surface area is 118 Å². The van der Waals surface area contributed by atoms with Crippen LogP contribution in [0.1, 0.15) is 44.2 Å². The Hall–Kier alpha value is -0.380. The van der Waals surface area contributed by atoms with Crippen molar-refractivity contribution in [3.05, 3.63) is 34.3 Å². The number of nitrogens with one attached hydrogen (secondary N) is 1. The van der Waals surface area contributed by atoms with Crippen molar-refractivity contribution in [3.63, 3.8) is 0 Å². The minimum Gasteiger partial charge on any atom is -0.393 e. The smallest absolute Gasteiger partial charge is 0.0540 e. The number of benzene rings is 1. The summed E-state index contributed by atoms with van der Waals surface area (Å²) in [5.74, 6) is 0.728. The molecule has 0 heterocycles. The molecule has 1 aliphatic carbocycles. The van der Waals surface area contributed by atoms with Crippen LogP contribution >= 0.6 is 15.9 Å². The van der Waals surface area contributed by atoms with Gasteiger partial charge in [-0.3, -0.25) is 0 Å². The van der Waals surface area contributed by atoms with E-state index < -0.39 is 0 Å². The number of aliphatic hydroxyl groups excluding tert-OH is 1. The Bertz CT molecular complexity index is 357. The van der Waals surface area contributed by atoms with Gasteiger partial charge in [0.05, 0.1) is 6.10 Å². The average molecular weight is 312 g/mol. The van der Waals surface area contributed by atoms with Gasteiger partial charge >= 0.3 is 0 Å². The standard InChI is InChI=1S/C15H22BrNO/c1-11(13-4-6-14(16)7-5-13)17-10-12-2-8-15(18)9-3-12/h4-7,11-12,15,17-18H,2-3,8-10H2,1H3. The fourth-order valence-electron chi connectivity index (χ4n) is 2.56. The zero-order valence-electron chi connectivity index (χ0n) is 10.9. The molecule has 2 N–H and O–H groups in total. The zero-order chi connectivity index (χ0) is 13.0. The predicted molar refractivity (Wildman–Crippen MR) is 78.5 cm³/mol. The third-order valence-corrected chi connectivity index (χ3v) is 4.43. The fraction of sp³-hybridized carbons (Fsp3) is 0.600. The number of rotatable bonds is 4. The van der Waals surface area contributed by atoms with Gasteiger partial charge in [0.25, 0.3) is 0 Å². The molecule has 100 valence electrons. The molecule has 2 rings (SSSR count). The molecule has 0 aromatic heterocycles. The molecule has 3 heteroatoms. The molecule has 2 nitrogen and oxygen atoms in total. The zero-order valence-corrected chi connectivity index (χ0v) is 12.5. The normalized spacial score (nSPS) is 25.9. The number of hydrogen-bond acceptors (Lipinski definition) is 2. The topological polar surface area (TPSA) is 32.3 Å². The van der Waals surface area contributed by atoms with E-state index in [-0.39, 0.29) is 6.10 Å². The van der Waals surface area contributed by atoms with Crippen LogP contribution in [0.25, 0.3) is 0 Å². The van der Waals surface area contributed by atoms with Crippen molar-refractivity contribution in [2.24, 2.45) is 5.92 Å². The van der Waals surface area contributed by atoms with Crippen LogP contribution in [-0.2, 0) is 0 Å². The molecule has 0 radical (unpaired) electrons. The van der Waals surface area contributed by atoms with Gasteiger partial charge in [-0.2, -0.15) is 0 Å². The molecular formula is C15H22BrNO. The third kappa shape index (κ3) is 4.08. The summed E-state index contributed by atoms with van der Waals surface area (Å²) in [6.07, 6.45) is 4.20. The molecule has 1 atom stereocenters. The van der Waals surface area contributed by atoms with Crippen LogP contribution in [-0.4, -0.2) is 17.8 Å². The lowest BCUT2D eigenvalue weighted by atomic mass is 9.87. The molecule has 1 aromatic rings. The van der Waals surface area contributed by atoms with Gasteiger partial charge in [-0.1, -0.05) is 28.1 Å². The second kappa shape index (κ2) is 6.69. The second-order valence-corrected chi connectivity index (χ2v) is 6.27. The highest BCUT2D eigenvalue weighted by Crippen LogP contribution is 2.24. The summed E-state index contributed by atoms with van der Waals surface area (Å²) in [6, 6.07) is 8.89. The highest BCUT2D eigenvalue weighted by molar-refractivity contribution is 9.10. The maximum atomic E-state index is 9.48. The number of hydrogen-bond donors (Lipinski definition) is 2. The van der Waals surface area contributed by atoms with Gasteiger partial charge in [-0.15, -0.1) is 0 Å². The molecule has 1 saturated carbocycles. The van der Waals surface area contributed by atoms with Crippen LogP contribution in [0.3, 0.4) is 0 Å². The maximum Gasteiger partial charge on any atom is 0.0540 e. The molecular weight excluding hydrogens is 290 g/mol.